The van der Waals surface area contributed by atoms with Gasteiger partial charge in [-0.05, 0) is 112 Å². The number of hydrogen-bond acceptors (Lipinski definition) is 3. The Morgan fingerprint density at radius 3 is 1.59 bits per heavy atom. The molecule has 0 amide bonds. The predicted octanol–water partition coefficient (Wildman–Crippen LogP) is 9.58. The van der Waals surface area contributed by atoms with Crippen LogP contribution < -0.4 is 0 Å². The summed E-state index contributed by atoms with van der Waals surface area (Å²) in [5.74, 6) is 5.67. The van der Waals surface area contributed by atoms with Crippen molar-refractivity contribution in [2.75, 3.05) is 0 Å². The predicted molar refractivity (Wildman–Crippen MR) is 164 cm³/mol. The first kappa shape index (κ1) is 32.8. The normalized spacial score (nSPS) is 36.3. The Labute approximate surface area is 242 Å². The summed E-state index contributed by atoms with van der Waals surface area (Å²) in [5.41, 5.74) is 0.0682. The number of Topliss-reactive ketones (excluding diaryl/α,β-unsaturated/α-hetero) is 2. The lowest BCUT2D eigenvalue weighted by atomic mass is 9.62. The van der Waals surface area contributed by atoms with Crippen molar-refractivity contribution in [3.8, 4) is 0 Å². The minimum atomic E-state index is -0.539. The van der Waals surface area contributed by atoms with Crippen molar-refractivity contribution in [2.45, 2.75) is 164 Å². The minimum Gasteiger partial charge on any atom is -0.390 e. The van der Waals surface area contributed by atoms with E-state index in [2.05, 4.69) is 41.5 Å². The largest absolute Gasteiger partial charge is 0.390 e. The van der Waals surface area contributed by atoms with Gasteiger partial charge in [-0.3, -0.25) is 9.59 Å². The van der Waals surface area contributed by atoms with Crippen LogP contribution in [0.15, 0.2) is 0 Å². The van der Waals surface area contributed by atoms with Gasteiger partial charge in [-0.1, -0.05) is 73.6 Å². The van der Waals surface area contributed by atoms with Crippen LogP contribution in [0.2, 0.25) is 0 Å². The Morgan fingerprint density at radius 2 is 1.18 bits per heavy atom. The maximum Gasteiger partial charge on any atom is 0.136 e. The Balaban J connectivity index is 0.000000216. The highest BCUT2D eigenvalue weighted by molar-refractivity contribution is 5.83. The van der Waals surface area contributed by atoms with E-state index in [0.717, 1.165) is 62.7 Å². The second-order valence-electron chi connectivity index (χ2n) is 16.1. The average Bonchev–Trinajstić information content (AvgIpc) is 3.37. The second kappa shape index (κ2) is 13.5. The highest BCUT2D eigenvalue weighted by Gasteiger charge is 2.53. The van der Waals surface area contributed by atoms with Gasteiger partial charge in [-0.25, -0.2) is 0 Å². The third-order valence-corrected chi connectivity index (χ3v) is 12.1. The fraction of sp³-hybridized carbons (Fsp3) is 0.944. The molecule has 0 saturated heterocycles. The van der Waals surface area contributed by atoms with Gasteiger partial charge in [-0.2, -0.15) is 0 Å². The number of carbonyl (C=O) groups is 2. The molecular formula is C36H64O3. The van der Waals surface area contributed by atoms with Gasteiger partial charge in [0.1, 0.15) is 11.6 Å². The molecule has 4 fully saturated rings. The van der Waals surface area contributed by atoms with Gasteiger partial charge in [-0.15, -0.1) is 0 Å². The first-order valence-corrected chi connectivity index (χ1v) is 17.0. The van der Waals surface area contributed by atoms with Crippen LogP contribution in [0.25, 0.3) is 0 Å². The smallest absolute Gasteiger partial charge is 0.136 e. The molecule has 8 atom stereocenters. The van der Waals surface area contributed by atoms with Gasteiger partial charge in [0.25, 0.3) is 0 Å². The van der Waals surface area contributed by atoms with E-state index in [1.165, 1.54) is 57.8 Å². The van der Waals surface area contributed by atoms with Crippen LogP contribution in [0.5, 0.6) is 0 Å². The van der Waals surface area contributed by atoms with Gasteiger partial charge >= 0.3 is 0 Å². The Hall–Kier alpha value is -0.700. The molecule has 0 aliphatic heterocycles. The maximum atomic E-state index is 12.2. The molecule has 0 aromatic rings. The SMILES string of the molecule is CC(C)CCCC(C)C1CC[C@H]2C(=O)CCCC12C.CC(CCCC(C)(C)O)C1CC[C@H]2C(=O)CCCC12C. The molecule has 0 radical (unpaired) electrons. The third kappa shape index (κ3) is 7.98. The van der Waals surface area contributed by atoms with E-state index in [-0.39, 0.29) is 5.41 Å². The van der Waals surface area contributed by atoms with E-state index >= 15 is 0 Å². The van der Waals surface area contributed by atoms with E-state index in [0.29, 0.717) is 40.7 Å². The lowest BCUT2D eigenvalue weighted by Gasteiger charge is -2.42. The second-order valence-corrected chi connectivity index (χ2v) is 16.1. The van der Waals surface area contributed by atoms with Gasteiger partial charge < -0.3 is 5.11 Å². The number of aliphatic hydroxyl groups is 1. The molecule has 0 aromatic carbocycles. The number of rotatable bonds is 10. The first-order chi connectivity index (χ1) is 18.2. The molecule has 4 rings (SSSR count). The molecule has 1 N–H and O–H groups in total. The topological polar surface area (TPSA) is 54.4 Å². The van der Waals surface area contributed by atoms with Gasteiger partial charge in [0, 0.05) is 24.7 Å². The molecule has 3 heteroatoms. The van der Waals surface area contributed by atoms with Gasteiger partial charge in [0.05, 0.1) is 5.60 Å². The molecule has 3 nitrogen and oxygen atoms in total. The van der Waals surface area contributed by atoms with Crippen molar-refractivity contribution in [3.63, 3.8) is 0 Å². The van der Waals surface area contributed by atoms with Crippen LogP contribution in [0.3, 0.4) is 0 Å². The zero-order valence-corrected chi connectivity index (χ0v) is 27.1. The average molecular weight is 545 g/mol. The number of carbonyl (C=O) groups excluding carboxylic acids is 2. The molecule has 0 aromatic heterocycles. The summed E-state index contributed by atoms with van der Waals surface area (Å²) >= 11 is 0. The highest BCUT2D eigenvalue weighted by Crippen LogP contribution is 2.58. The Morgan fingerprint density at radius 1 is 0.744 bits per heavy atom. The molecule has 39 heavy (non-hydrogen) atoms. The fourth-order valence-electron chi connectivity index (χ4n) is 9.92. The maximum absolute atomic E-state index is 12.2. The Bertz CT molecular complexity index is 809. The first-order valence-electron chi connectivity index (χ1n) is 17.0. The van der Waals surface area contributed by atoms with E-state index in [1.807, 2.05) is 13.8 Å². The minimum absolute atomic E-state index is 0.267. The molecule has 0 heterocycles. The molecule has 226 valence electrons. The van der Waals surface area contributed by atoms with Crippen molar-refractivity contribution in [1.29, 1.82) is 0 Å². The van der Waals surface area contributed by atoms with E-state index in [4.69, 9.17) is 0 Å². The van der Waals surface area contributed by atoms with Crippen LogP contribution in [-0.4, -0.2) is 22.3 Å². The van der Waals surface area contributed by atoms with Gasteiger partial charge in [0.15, 0.2) is 0 Å². The summed E-state index contributed by atoms with van der Waals surface area (Å²) in [6.45, 7) is 18.0. The van der Waals surface area contributed by atoms with Crippen LogP contribution in [-0.2, 0) is 9.59 Å². The molecule has 6 unspecified atom stereocenters. The molecule has 4 aliphatic rings. The zero-order valence-electron chi connectivity index (χ0n) is 27.1. The number of hydrogen-bond donors (Lipinski definition) is 1. The summed E-state index contributed by atoms with van der Waals surface area (Å²) in [7, 11) is 0. The monoisotopic (exact) mass is 544 g/mol. The van der Waals surface area contributed by atoms with E-state index < -0.39 is 5.60 Å². The molecule has 4 saturated carbocycles. The molecular weight excluding hydrogens is 480 g/mol. The van der Waals surface area contributed by atoms with Crippen LogP contribution in [0.1, 0.15) is 158 Å². The fourth-order valence-corrected chi connectivity index (χ4v) is 9.92. The summed E-state index contributed by atoms with van der Waals surface area (Å²) in [5, 5.41) is 9.82. The van der Waals surface area contributed by atoms with Crippen molar-refractivity contribution < 1.29 is 14.7 Å². The van der Waals surface area contributed by atoms with E-state index in [1.54, 1.807) is 0 Å². The zero-order chi connectivity index (χ0) is 29.0. The van der Waals surface area contributed by atoms with Crippen LogP contribution >= 0.6 is 0 Å². The summed E-state index contributed by atoms with van der Waals surface area (Å²) in [6, 6.07) is 0. The van der Waals surface area contributed by atoms with Crippen molar-refractivity contribution in [3.05, 3.63) is 0 Å². The summed E-state index contributed by atoms with van der Waals surface area (Å²) < 4.78 is 0. The molecule has 0 spiro atoms. The molecule has 0 bridgehead atoms. The quantitative estimate of drug-likeness (QED) is 0.298. The Kier molecular flexibility index (Phi) is 11.4. The lowest BCUT2D eigenvalue weighted by Crippen LogP contribution is -2.39. The summed E-state index contributed by atoms with van der Waals surface area (Å²) in [6.07, 6.45) is 18.5. The van der Waals surface area contributed by atoms with Crippen molar-refractivity contribution >= 4 is 11.6 Å². The van der Waals surface area contributed by atoms with Crippen molar-refractivity contribution in [2.24, 2.45) is 52.3 Å². The number of ketones is 2. The van der Waals surface area contributed by atoms with Crippen LogP contribution in [0.4, 0.5) is 0 Å². The number of fused-ring (bicyclic) bond motifs is 2. The van der Waals surface area contributed by atoms with Crippen molar-refractivity contribution in [1.82, 2.24) is 0 Å². The van der Waals surface area contributed by atoms with Gasteiger partial charge in [0.2, 0.25) is 0 Å². The highest BCUT2D eigenvalue weighted by atomic mass is 16.3. The summed E-state index contributed by atoms with van der Waals surface area (Å²) in [4.78, 5) is 24.3. The lowest BCUT2D eigenvalue weighted by molar-refractivity contribution is -0.130. The van der Waals surface area contributed by atoms with E-state index in [9.17, 15) is 14.7 Å². The standard InChI is InChI=1S/C18H32O2.C18H32O/c1-13(7-5-11-17(2,3)20)14-9-10-15-16(19)8-6-12-18(14,15)4;1-13(2)7-5-8-14(3)15-10-11-16-17(19)9-6-12-18(15,16)4/h13-15,20H,5-12H2,1-4H3;13-16H,5-12H2,1-4H3/t13?,14?,15-,18?;14?,15?,16-,18?/m00/s1. The molecule has 4 aliphatic carbocycles. The third-order valence-electron chi connectivity index (χ3n) is 12.1. The van der Waals surface area contributed by atoms with Crippen LogP contribution in [0, 0.1) is 52.3 Å².